The Kier molecular flexibility index (Phi) is 7.29. The second kappa shape index (κ2) is 7.89. The highest BCUT2D eigenvalue weighted by atomic mass is 16.2. The molecule has 0 saturated heterocycles. The first-order valence-corrected chi connectivity index (χ1v) is 6.52. The molecule has 6 nitrogen and oxygen atoms in total. The van der Waals surface area contributed by atoms with Crippen molar-refractivity contribution in [3.8, 4) is 0 Å². The number of carbonyl (C=O) groups excluding carboxylic acids is 3. The number of rotatable bonds is 9. The van der Waals surface area contributed by atoms with Crippen molar-refractivity contribution < 1.29 is 14.4 Å². The number of nitrogens with one attached hydrogen (secondary N) is 1. The topological polar surface area (TPSA) is 115 Å². The van der Waals surface area contributed by atoms with Gasteiger partial charge in [-0.15, -0.1) is 0 Å². The summed E-state index contributed by atoms with van der Waals surface area (Å²) in [4.78, 5) is 34.3. The maximum absolute atomic E-state index is 12.1. The van der Waals surface area contributed by atoms with E-state index in [-0.39, 0.29) is 17.6 Å². The molecule has 1 atom stereocenters. The van der Waals surface area contributed by atoms with E-state index in [2.05, 4.69) is 5.32 Å². The van der Waals surface area contributed by atoms with E-state index in [0.717, 1.165) is 0 Å². The Hall–Kier alpha value is -1.43. The highest BCUT2D eigenvalue weighted by molar-refractivity contribution is 5.90. The molecule has 0 spiro atoms. The van der Waals surface area contributed by atoms with Crippen molar-refractivity contribution in [3.63, 3.8) is 0 Å². The van der Waals surface area contributed by atoms with Crippen molar-refractivity contribution in [1.82, 2.24) is 5.32 Å². The molecule has 0 aromatic heterocycles. The van der Waals surface area contributed by atoms with Gasteiger partial charge >= 0.3 is 0 Å². The maximum Gasteiger partial charge on any atom is 0.242 e. The molecule has 0 rings (SSSR count). The number of primary amides is 1. The summed E-state index contributed by atoms with van der Waals surface area (Å²) in [6, 6.07) is 0. The van der Waals surface area contributed by atoms with Crippen LogP contribution >= 0.6 is 0 Å². The molecule has 110 valence electrons. The summed E-state index contributed by atoms with van der Waals surface area (Å²) in [7, 11) is 0. The fraction of sp³-hybridized carbons (Fsp3) is 0.769. The quantitative estimate of drug-likeness (QED) is 0.551. The Balaban J connectivity index is 4.60. The maximum atomic E-state index is 12.1. The van der Waals surface area contributed by atoms with E-state index in [9.17, 15) is 14.4 Å². The first-order chi connectivity index (χ1) is 8.70. The molecule has 0 fully saturated rings. The van der Waals surface area contributed by atoms with Gasteiger partial charge in [-0.25, -0.2) is 0 Å². The zero-order valence-corrected chi connectivity index (χ0v) is 12.0. The molecule has 0 aliphatic rings. The van der Waals surface area contributed by atoms with Crippen LogP contribution in [0.3, 0.4) is 0 Å². The van der Waals surface area contributed by atoms with Gasteiger partial charge in [-0.2, -0.15) is 0 Å². The average molecular weight is 271 g/mol. The molecule has 6 heteroatoms. The van der Waals surface area contributed by atoms with E-state index in [4.69, 9.17) is 11.5 Å². The van der Waals surface area contributed by atoms with E-state index in [1.807, 2.05) is 0 Å². The fourth-order valence-electron chi connectivity index (χ4n) is 1.62. The van der Waals surface area contributed by atoms with Gasteiger partial charge in [-0.3, -0.25) is 9.59 Å². The summed E-state index contributed by atoms with van der Waals surface area (Å²) < 4.78 is 0. The number of ketones is 1. The second-order valence-corrected chi connectivity index (χ2v) is 5.35. The highest BCUT2D eigenvalue weighted by Gasteiger charge is 2.30. The minimum atomic E-state index is -1.09. The van der Waals surface area contributed by atoms with Gasteiger partial charge in [0, 0.05) is 12.3 Å². The van der Waals surface area contributed by atoms with Gasteiger partial charge in [0.2, 0.25) is 11.8 Å². The molecular weight excluding hydrogens is 246 g/mol. The molecule has 2 amide bonds. The van der Waals surface area contributed by atoms with Crippen molar-refractivity contribution in [3.05, 3.63) is 0 Å². The number of hydrogen-bond acceptors (Lipinski definition) is 4. The molecular formula is C13H25N3O3. The first kappa shape index (κ1) is 17.6. The van der Waals surface area contributed by atoms with Crippen LogP contribution in [0, 0.1) is 5.92 Å². The molecule has 0 aromatic rings. The molecule has 19 heavy (non-hydrogen) atoms. The standard InChI is InChI=1S/C13H25N3O3/c1-9(17)6-7-10(5-4-8-14)11(18)16-13(2,3)12(15)19/h10H,4-8,14H2,1-3H3,(H2,15,19)(H,16,18)/t10-/m0/s1. The van der Waals surface area contributed by atoms with E-state index in [1.165, 1.54) is 6.92 Å². The number of hydrogen-bond donors (Lipinski definition) is 3. The molecule has 0 bridgehead atoms. The number of nitrogens with two attached hydrogens (primary N) is 2. The monoisotopic (exact) mass is 271 g/mol. The number of amides is 2. The molecule has 0 unspecified atom stereocenters. The van der Waals surface area contributed by atoms with Crippen LogP contribution in [0.2, 0.25) is 0 Å². The van der Waals surface area contributed by atoms with Crippen LogP contribution in [-0.2, 0) is 14.4 Å². The fourth-order valence-corrected chi connectivity index (χ4v) is 1.62. The number of Topliss-reactive ketones (excluding diaryl/α,β-unsaturated/α-hetero) is 1. The highest BCUT2D eigenvalue weighted by Crippen LogP contribution is 2.16. The Labute approximate surface area is 114 Å². The molecule has 0 aromatic carbocycles. The zero-order valence-electron chi connectivity index (χ0n) is 12.0. The Morgan fingerprint density at radius 3 is 2.21 bits per heavy atom. The molecule has 0 aliphatic carbocycles. The van der Waals surface area contributed by atoms with E-state index >= 15 is 0 Å². The van der Waals surface area contributed by atoms with Gasteiger partial charge in [-0.05, 0) is 46.6 Å². The summed E-state index contributed by atoms with van der Waals surface area (Å²) >= 11 is 0. The van der Waals surface area contributed by atoms with E-state index < -0.39 is 11.4 Å². The summed E-state index contributed by atoms with van der Waals surface area (Å²) in [5, 5.41) is 2.62. The minimum absolute atomic E-state index is 0.0414. The Bertz CT molecular complexity index is 340. The normalized spacial score (nSPS) is 12.8. The van der Waals surface area contributed by atoms with Gasteiger partial charge < -0.3 is 21.6 Å². The third kappa shape index (κ3) is 6.91. The van der Waals surface area contributed by atoms with Crippen molar-refractivity contribution >= 4 is 17.6 Å². The summed E-state index contributed by atoms with van der Waals surface area (Å²) in [6.07, 6.45) is 2.12. The second-order valence-electron chi connectivity index (χ2n) is 5.35. The van der Waals surface area contributed by atoms with E-state index in [0.29, 0.717) is 32.2 Å². The minimum Gasteiger partial charge on any atom is -0.368 e. The van der Waals surface area contributed by atoms with Crippen molar-refractivity contribution in [2.24, 2.45) is 17.4 Å². The Morgan fingerprint density at radius 2 is 1.79 bits per heavy atom. The van der Waals surface area contributed by atoms with Crippen LogP contribution in [0.5, 0.6) is 0 Å². The first-order valence-electron chi connectivity index (χ1n) is 6.52. The van der Waals surface area contributed by atoms with Crippen LogP contribution < -0.4 is 16.8 Å². The van der Waals surface area contributed by atoms with Gasteiger partial charge in [0.05, 0.1) is 0 Å². The predicted molar refractivity (Wildman–Crippen MR) is 73.1 cm³/mol. The summed E-state index contributed by atoms with van der Waals surface area (Å²) in [6.45, 7) is 5.09. The lowest BCUT2D eigenvalue weighted by molar-refractivity contribution is -0.133. The molecule has 0 heterocycles. The van der Waals surface area contributed by atoms with Crippen LogP contribution in [0.25, 0.3) is 0 Å². The van der Waals surface area contributed by atoms with Gasteiger partial charge in [0.1, 0.15) is 11.3 Å². The molecule has 0 aliphatic heterocycles. The van der Waals surface area contributed by atoms with Crippen LogP contribution in [0.4, 0.5) is 0 Å². The van der Waals surface area contributed by atoms with Gasteiger partial charge in [0.15, 0.2) is 0 Å². The van der Waals surface area contributed by atoms with Crippen LogP contribution in [0.1, 0.15) is 46.5 Å². The molecule has 5 N–H and O–H groups in total. The lowest BCUT2D eigenvalue weighted by atomic mass is 9.93. The lowest BCUT2D eigenvalue weighted by Gasteiger charge is -2.25. The average Bonchev–Trinajstić information content (AvgIpc) is 2.27. The summed E-state index contributed by atoms with van der Waals surface area (Å²) in [5.41, 5.74) is 9.56. The van der Waals surface area contributed by atoms with Crippen molar-refractivity contribution in [2.45, 2.75) is 52.0 Å². The largest absolute Gasteiger partial charge is 0.368 e. The zero-order chi connectivity index (χ0) is 15.1. The van der Waals surface area contributed by atoms with E-state index in [1.54, 1.807) is 13.8 Å². The van der Waals surface area contributed by atoms with Crippen LogP contribution in [0.15, 0.2) is 0 Å². The third-order valence-corrected chi connectivity index (χ3v) is 3.02. The predicted octanol–water partition coefficient (Wildman–Crippen LogP) is 0.0908. The smallest absolute Gasteiger partial charge is 0.242 e. The summed E-state index contributed by atoms with van der Waals surface area (Å²) in [5.74, 6) is -1.12. The van der Waals surface area contributed by atoms with Crippen molar-refractivity contribution in [2.75, 3.05) is 6.54 Å². The SMILES string of the molecule is CC(=O)CC[C@H](CCCN)C(=O)NC(C)(C)C(N)=O. The number of carbonyl (C=O) groups is 3. The molecule has 0 saturated carbocycles. The third-order valence-electron chi connectivity index (χ3n) is 3.02. The Morgan fingerprint density at radius 1 is 1.21 bits per heavy atom. The van der Waals surface area contributed by atoms with Gasteiger partial charge in [0.25, 0.3) is 0 Å². The van der Waals surface area contributed by atoms with Crippen LogP contribution in [-0.4, -0.2) is 29.7 Å². The lowest BCUT2D eigenvalue weighted by Crippen LogP contribution is -2.54. The van der Waals surface area contributed by atoms with Crippen molar-refractivity contribution in [1.29, 1.82) is 0 Å². The molecule has 0 radical (unpaired) electrons. The van der Waals surface area contributed by atoms with Gasteiger partial charge in [-0.1, -0.05) is 0 Å².